The quantitative estimate of drug-likeness (QED) is 0.835. The molecule has 0 saturated carbocycles. The third-order valence-electron chi connectivity index (χ3n) is 3.85. The van der Waals surface area contributed by atoms with E-state index in [4.69, 9.17) is 0 Å². The Bertz CT molecular complexity index is 473. The van der Waals surface area contributed by atoms with Gasteiger partial charge < -0.3 is 10.2 Å². The second-order valence-electron chi connectivity index (χ2n) is 5.39. The van der Waals surface area contributed by atoms with Crippen LogP contribution in [0.25, 0.3) is 0 Å². The van der Waals surface area contributed by atoms with Gasteiger partial charge in [0.2, 0.25) is 0 Å². The van der Waals surface area contributed by atoms with E-state index in [1.165, 1.54) is 6.07 Å². The molecule has 1 aliphatic rings. The standard InChI is InChI=1S/C14H18F4N2/c1-9-7-11(5-6-20(9)2)19-10-3-4-13(15)12(8-10)14(16,17)18/h3-4,8-9,11,19H,5-7H2,1-2H3. The second kappa shape index (κ2) is 5.60. The first-order valence-electron chi connectivity index (χ1n) is 6.61. The highest BCUT2D eigenvalue weighted by Crippen LogP contribution is 2.33. The molecule has 0 radical (unpaired) electrons. The largest absolute Gasteiger partial charge is 0.419 e. The average molecular weight is 290 g/mol. The molecule has 0 aliphatic carbocycles. The van der Waals surface area contributed by atoms with Gasteiger partial charge in [-0.1, -0.05) is 0 Å². The van der Waals surface area contributed by atoms with Crippen LogP contribution in [0, 0.1) is 5.82 Å². The minimum Gasteiger partial charge on any atom is -0.382 e. The van der Waals surface area contributed by atoms with Crippen LogP contribution in [-0.4, -0.2) is 30.6 Å². The number of hydrogen-bond acceptors (Lipinski definition) is 2. The van der Waals surface area contributed by atoms with E-state index in [0.717, 1.165) is 31.5 Å². The molecule has 0 aromatic heterocycles. The minimum atomic E-state index is -4.66. The van der Waals surface area contributed by atoms with Crippen LogP contribution in [0.4, 0.5) is 23.2 Å². The highest BCUT2D eigenvalue weighted by atomic mass is 19.4. The maximum atomic E-state index is 13.2. The van der Waals surface area contributed by atoms with Crippen LogP contribution in [0.1, 0.15) is 25.3 Å². The summed E-state index contributed by atoms with van der Waals surface area (Å²) in [4.78, 5) is 2.21. The third-order valence-corrected chi connectivity index (χ3v) is 3.85. The van der Waals surface area contributed by atoms with E-state index in [1.54, 1.807) is 0 Å². The Morgan fingerprint density at radius 2 is 2.00 bits per heavy atom. The van der Waals surface area contributed by atoms with Gasteiger partial charge in [-0.05, 0) is 45.0 Å². The van der Waals surface area contributed by atoms with Gasteiger partial charge in [-0.15, -0.1) is 0 Å². The van der Waals surface area contributed by atoms with Crippen molar-refractivity contribution in [2.75, 3.05) is 18.9 Å². The zero-order chi connectivity index (χ0) is 14.9. The molecular weight excluding hydrogens is 272 g/mol. The molecule has 6 heteroatoms. The van der Waals surface area contributed by atoms with Gasteiger partial charge >= 0.3 is 6.18 Å². The van der Waals surface area contributed by atoms with Crippen molar-refractivity contribution >= 4 is 5.69 Å². The molecule has 112 valence electrons. The molecule has 0 amide bonds. The summed E-state index contributed by atoms with van der Waals surface area (Å²) in [6.45, 7) is 2.98. The zero-order valence-electron chi connectivity index (χ0n) is 11.5. The zero-order valence-corrected chi connectivity index (χ0v) is 11.5. The fourth-order valence-electron chi connectivity index (χ4n) is 2.49. The molecule has 1 N–H and O–H groups in total. The van der Waals surface area contributed by atoms with Crippen LogP contribution in [0.2, 0.25) is 0 Å². The van der Waals surface area contributed by atoms with Gasteiger partial charge in [0.1, 0.15) is 5.82 Å². The maximum Gasteiger partial charge on any atom is 0.419 e. The van der Waals surface area contributed by atoms with E-state index in [0.29, 0.717) is 11.7 Å². The van der Waals surface area contributed by atoms with Gasteiger partial charge in [0.25, 0.3) is 0 Å². The average Bonchev–Trinajstić information content (AvgIpc) is 2.35. The van der Waals surface area contributed by atoms with Gasteiger partial charge in [0, 0.05) is 24.3 Å². The number of rotatable bonds is 2. The van der Waals surface area contributed by atoms with Crippen molar-refractivity contribution in [1.29, 1.82) is 0 Å². The molecule has 2 unspecified atom stereocenters. The van der Waals surface area contributed by atoms with E-state index < -0.39 is 17.6 Å². The van der Waals surface area contributed by atoms with Crippen molar-refractivity contribution in [3.05, 3.63) is 29.6 Å². The summed E-state index contributed by atoms with van der Waals surface area (Å²) in [6, 6.07) is 3.56. The number of hydrogen-bond donors (Lipinski definition) is 1. The lowest BCUT2D eigenvalue weighted by molar-refractivity contribution is -0.139. The molecule has 0 bridgehead atoms. The number of nitrogens with zero attached hydrogens (tertiary/aromatic N) is 1. The number of alkyl halides is 3. The molecule has 0 spiro atoms. The summed E-state index contributed by atoms with van der Waals surface area (Å²) in [6.07, 6.45) is -2.95. The van der Waals surface area contributed by atoms with Gasteiger partial charge in [0.15, 0.2) is 0 Å². The van der Waals surface area contributed by atoms with Crippen LogP contribution in [0.15, 0.2) is 18.2 Å². The summed E-state index contributed by atoms with van der Waals surface area (Å²) >= 11 is 0. The number of nitrogens with one attached hydrogen (secondary N) is 1. The van der Waals surface area contributed by atoms with Crippen molar-refractivity contribution < 1.29 is 17.6 Å². The van der Waals surface area contributed by atoms with Crippen LogP contribution in [0.3, 0.4) is 0 Å². The highest BCUT2D eigenvalue weighted by Gasteiger charge is 2.34. The maximum absolute atomic E-state index is 13.2. The smallest absolute Gasteiger partial charge is 0.382 e. The molecule has 2 nitrogen and oxygen atoms in total. The normalized spacial score (nSPS) is 24.7. The molecule has 1 heterocycles. The number of halogens is 4. The predicted molar refractivity (Wildman–Crippen MR) is 70.1 cm³/mol. The van der Waals surface area contributed by atoms with Crippen LogP contribution in [0.5, 0.6) is 0 Å². The monoisotopic (exact) mass is 290 g/mol. The molecule has 1 aliphatic heterocycles. The Morgan fingerprint density at radius 1 is 1.30 bits per heavy atom. The highest BCUT2D eigenvalue weighted by molar-refractivity contribution is 5.48. The van der Waals surface area contributed by atoms with E-state index in [-0.39, 0.29) is 6.04 Å². The first-order valence-corrected chi connectivity index (χ1v) is 6.61. The van der Waals surface area contributed by atoms with Crippen molar-refractivity contribution in [2.24, 2.45) is 0 Å². The molecule has 20 heavy (non-hydrogen) atoms. The van der Waals surface area contributed by atoms with E-state index >= 15 is 0 Å². The Balaban J connectivity index is 2.11. The third kappa shape index (κ3) is 3.42. The lowest BCUT2D eigenvalue weighted by Gasteiger charge is -2.35. The molecule has 2 atom stereocenters. The van der Waals surface area contributed by atoms with Gasteiger partial charge in [-0.2, -0.15) is 13.2 Å². The molecule has 2 rings (SSSR count). The Hall–Kier alpha value is -1.30. The van der Waals surface area contributed by atoms with E-state index in [2.05, 4.69) is 17.1 Å². The van der Waals surface area contributed by atoms with Crippen LogP contribution < -0.4 is 5.32 Å². The Kier molecular flexibility index (Phi) is 4.22. The van der Waals surface area contributed by atoms with Gasteiger partial charge in [-0.3, -0.25) is 0 Å². The lowest BCUT2D eigenvalue weighted by atomic mass is 9.98. The number of likely N-dealkylation sites (tertiary alicyclic amines) is 1. The Morgan fingerprint density at radius 3 is 2.60 bits per heavy atom. The second-order valence-corrected chi connectivity index (χ2v) is 5.39. The van der Waals surface area contributed by atoms with Crippen LogP contribution in [-0.2, 0) is 6.18 Å². The van der Waals surface area contributed by atoms with Crippen molar-refractivity contribution in [2.45, 2.75) is 38.0 Å². The van der Waals surface area contributed by atoms with E-state index in [1.807, 2.05) is 7.05 Å². The fraction of sp³-hybridized carbons (Fsp3) is 0.571. The van der Waals surface area contributed by atoms with Crippen LogP contribution >= 0.6 is 0 Å². The molecular formula is C14H18F4N2. The first kappa shape index (κ1) is 15.1. The Labute approximate surface area is 115 Å². The van der Waals surface area contributed by atoms with Crippen molar-refractivity contribution in [3.8, 4) is 0 Å². The molecule has 1 aromatic carbocycles. The number of benzene rings is 1. The minimum absolute atomic E-state index is 0.118. The summed E-state index contributed by atoms with van der Waals surface area (Å²) in [5.74, 6) is -1.24. The summed E-state index contributed by atoms with van der Waals surface area (Å²) < 4.78 is 51.1. The van der Waals surface area contributed by atoms with Gasteiger partial charge in [-0.25, -0.2) is 4.39 Å². The van der Waals surface area contributed by atoms with Crippen molar-refractivity contribution in [1.82, 2.24) is 4.90 Å². The number of piperidine rings is 1. The lowest BCUT2D eigenvalue weighted by Crippen LogP contribution is -2.42. The SMILES string of the molecule is CC1CC(Nc2ccc(F)c(C(F)(F)F)c2)CCN1C. The summed E-state index contributed by atoms with van der Waals surface area (Å²) in [7, 11) is 2.03. The molecule has 1 fully saturated rings. The predicted octanol–water partition coefficient (Wildman–Crippen LogP) is 3.74. The van der Waals surface area contributed by atoms with Crippen molar-refractivity contribution in [3.63, 3.8) is 0 Å². The number of anilines is 1. The topological polar surface area (TPSA) is 15.3 Å². The van der Waals surface area contributed by atoms with E-state index in [9.17, 15) is 17.6 Å². The summed E-state index contributed by atoms with van der Waals surface area (Å²) in [5.41, 5.74) is -0.899. The van der Waals surface area contributed by atoms with Gasteiger partial charge in [0.05, 0.1) is 5.56 Å². The molecule has 1 saturated heterocycles. The molecule has 1 aromatic rings. The fourth-order valence-corrected chi connectivity index (χ4v) is 2.49. The first-order chi connectivity index (χ1) is 9.27. The summed E-state index contributed by atoms with van der Waals surface area (Å²) in [5, 5.41) is 3.08.